The molecular weight excluding hydrogens is 619 g/mol. The lowest BCUT2D eigenvalue weighted by Crippen LogP contribution is -2.42. The summed E-state index contributed by atoms with van der Waals surface area (Å²) < 4.78 is 1.32. The summed E-state index contributed by atoms with van der Waals surface area (Å²) in [5.74, 6) is -0.414. The summed E-state index contributed by atoms with van der Waals surface area (Å²) in [7, 11) is 0. The molecule has 2 amide bonds. The molecule has 0 saturated carbocycles. The summed E-state index contributed by atoms with van der Waals surface area (Å²) in [4.78, 5) is 38.3. The van der Waals surface area contributed by atoms with Crippen LogP contribution in [0.3, 0.4) is 0 Å². The highest BCUT2D eigenvalue weighted by Crippen LogP contribution is 2.34. The quantitative estimate of drug-likeness (QED) is 0.173. The second kappa shape index (κ2) is 12.1. The molecule has 0 unspecified atom stereocenters. The molecule has 0 aliphatic rings. The normalized spacial score (nSPS) is 11.6. The van der Waals surface area contributed by atoms with Gasteiger partial charge in [0.1, 0.15) is 0 Å². The second-order valence-electron chi connectivity index (χ2n) is 10.9. The fourth-order valence-electron chi connectivity index (χ4n) is 4.77. The third-order valence-corrected chi connectivity index (χ3v) is 9.54. The van der Waals surface area contributed by atoms with Crippen LogP contribution in [0.4, 0.5) is 0 Å². The van der Waals surface area contributed by atoms with Crippen LogP contribution in [0.5, 0.6) is 0 Å². The Balaban J connectivity index is 1.18. The van der Waals surface area contributed by atoms with E-state index in [1.165, 1.54) is 22.7 Å². The van der Waals surface area contributed by atoms with E-state index in [2.05, 4.69) is 10.6 Å². The first-order chi connectivity index (χ1) is 20.7. The molecule has 0 bridgehead atoms. The van der Waals surface area contributed by atoms with Gasteiger partial charge in [-0.3, -0.25) is 9.59 Å². The molecule has 216 valence electrons. The zero-order chi connectivity index (χ0) is 30.1. The Morgan fingerprint density at radius 1 is 0.674 bits per heavy atom. The number of carbonyl (C=O) groups excluding carboxylic acids is 2. The molecule has 0 spiro atoms. The number of hydrogen-bond acceptors (Lipinski definition) is 6. The van der Waals surface area contributed by atoms with Gasteiger partial charge in [0.15, 0.2) is 0 Å². The average Bonchev–Trinajstić information content (AvgIpc) is 3.65. The van der Waals surface area contributed by atoms with Gasteiger partial charge in [-0.1, -0.05) is 73.4 Å². The van der Waals surface area contributed by atoms with Crippen LogP contribution in [0, 0.1) is 5.41 Å². The van der Waals surface area contributed by atoms with Gasteiger partial charge in [0, 0.05) is 23.9 Å². The van der Waals surface area contributed by atoms with Gasteiger partial charge in [-0.2, -0.15) is 0 Å². The number of para-hydroxylation sites is 2. The number of rotatable bonds is 8. The van der Waals surface area contributed by atoms with E-state index >= 15 is 0 Å². The monoisotopic (exact) mass is 644 g/mol. The molecule has 4 aromatic heterocycles. The van der Waals surface area contributed by atoms with Crippen LogP contribution in [0.15, 0.2) is 84.9 Å². The fraction of sp³-hybridized carbons (Fsp3) is 0.152. The minimum atomic E-state index is -0.439. The van der Waals surface area contributed by atoms with Gasteiger partial charge < -0.3 is 10.6 Å². The van der Waals surface area contributed by atoms with E-state index in [0.717, 1.165) is 31.6 Å². The van der Waals surface area contributed by atoms with Crippen molar-refractivity contribution < 1.29 is 9.59 Å². The number of fused-ring (bicyclic) bond motifs is 2. The Labute approximate surface area is 266 Å². The highest BCUT2D eigenvalue weighted by Gasteiger charge is 2.23. The van der Waals surface area contributed by atoms with Gasteiger partial charge in [0.25, 0.3) is 11.8 Å². The van der Waals surface area contributed by atoms with Crippen LogP contribution in [0.1, 0.15) is 34.6 Å². The first-order valence-corrected chi connectivity index (χ1v) is 15.9. The SMILES string of the molecule is CC(C)(CNC(=O)c1cc(-c2ccc(Cl)s2)nc2ccccc12)CNC(=O)c1cc(-c2ccc(Cl)s2)nc2ccccc12. The number of benzene rings is 2. The summed E-state index contributed by atoms with van der Waals surface area (Å²) >= 11 is 15.2. The molecule has 0 aliphatic heterocycles. The Morgan fingerprint density at radius 2 is 1.09 bits per heavy atom. The fourth-order valence-corrected chi connectivity index (χ4v) is 6.78. The van der Waals surface area contributed by atoms with Gasteiger partial charge in [0.2, 0.25) is 0 Å². The number of thiophene rings is 2. The van der Waals surface area contributed by atoms with Crippen molar-refractivity contribution in [2.24, 2.45) is 5.41 Å². The lowest BCUT2D eigenvalue weighted by molar-refractivity contribution is 0.0921. The van der Waals surface area contributed by atoms with Crippen LogP contribution in [-0.4, -0.2) is 34.9 Å². The predicted molar refractivity (Wildman–Crippen MR) is 179 cm³/mol. The molecule has 2 N–H and O–H groups in total. The number of pyridine rings is 2. The van der Waals surface area contributed by atoms with E-state index in [4.69, 9.17) is 33.2 Å². The molecule has 0 radical (unpaired) electrons. The number of amides is 2. The summed E-state index contributed by atoms with van der Waals surface area (Å²) in [5.41, 5.74) is 3.49. The summed E-state index contributed by atoms with van der Waals surface area (Å²) in [6.45, 7) is 4.69. The van der Waals surface area contributed by atoms with E-state index in [1.54, 1.807) is 0 Å². The minimum absolute atomic E-state index is 0.207. The molecule has 6 rings (SSSR count). The Hall–Kier alpha value is -3.82. The summed E-state index contributed by atoms with van der Waals surface area (Å²) in [5, 5.41) is 7.70. The third-order valence-electron chi connectivity index (χ3n) is 7.03. The zero-order valence-corrected chi connectivity index (χ0v) is 26.4. The standard InChI is InChI=1S/C33H26Cl2N4O2S2/c1-33(2,17-36-31(40)21-15-25(27-11-13-29(34)42-27)38-23-9-5-3-7-19(21)23)18-37-32(41)22-16-26(28-12-14-30(35)43-28)39-24-10-6-4-8-20(22)24/h3-16H,17-18H2,1-2H3,(H,36,40)(H,37,41). The lowest BCUT2D eigenvalue weighted by Gasteiger charge is -2.25. The molecule has 2 aromatic carbocycles. The van der Waals surface area contributed by atoms with E-state index < -0.39 is 5.41 Å². The van der Waals surface area contributed by atoms with Crippen molar-refractivity contribution in [1.82, 2.24) is 20.6 Å². The highest BCUT2D eigenvalue weighted by atomic mass is 35.5. The molecule has 0 aliphatic carbocycles. The minimum Gasteiger partial charge on any atom is -0.351 e. The predicted octanol–water partition coefficient (Wildman–Crippen LogP) is 8.73. The van der Waals surface area contributed by atoms with E-state index in [9.17, 15) is 9.59 Å². The van der Waals surface area contributed by atoms with Gasteiger partial charge in [-0.05, 0) is 53.9 Å². The molecule has 6 nitrogen and oxygen atoms in total. The number of aromatic nitrogens is 2. The molecular formula is C33H26Cl2N4O2S2. The van der Waals surface area contributed by atoms with Gasteiger partial charge in [-0.25, -0.2) is 9.97 Å². The Bertz CT molecular complexity index is 1860. The first-order valence-electron chi connectivity index (χ1n) is 13.5. The first kappa shape index (κ1) is 29.3. The molecule has 4 heterocycles. The van der Waals surface area contributed by atoms with Crippen molar-refractivity contribution in [2.45, 2.75) is 13.8 Å². The Morgan fingerprint density at radius 3 is 1.49 bits per heavy atom. The molecule has 0 saturated heterocycles. The van der Waals surface area contributed by atoms with Crippen LogP contribution in [-0.2, 0) is 0 Å². The van der Waals surface area contributed by atoms with Crippen molar-refractivity contribution in [3.8, 4) is 21.1 Å². The van der Waals surface area contributed by atoms with Crippen molar-refractivity contribution in [3.63, 3.8) is 0 Å². The van der Waals surface area contributed by atoms with Crippen molar-refractivity contribution in [2.75, 3.05) is 13.1 Å². The highest BCUT2D eigenvalue weighted by molar-refractivity contribution is 7.19. The maximum absolute atomic E-state index is 13.5. The van der Waals surface area contributed by atoms with Crippen molar-refractivity contribution >= 4 is 79.5 Å². The smallest absolute Gasteiger partial charge is 0.252 e. The third kappa shape index (κ3) is 6.43. The van der Waals surface area contributed by atoms with E-state index in [-0.39, 0.29) is 11.8 Å². The molecule has 43 heavy (non-hydrogen) atoms. The van der Waals surface area contributed by atoms with Crippen molar-refractivity contribution in [3.05, 3.63) is 105 Å². The Kier molecular flexibility index (Phi) is 8.20. The maximum Gasteiger partial charge on any atom is 0.252 e. The van der Waals surface area contributed by atoms with E-state index in [1.807, 2.05) is 98.8 Å². The van der Waals surface area contributed by atoms with Crippen LogP contribution in [0.2, 0.25) is 8.67 Å². The zero-order valence-electron chi connectivity index (χ0n) is 23.3. The van der Waals surface area contributed by atoms with Crippen molar-refractivity contribution in [1.29, 1.82) is 0 Å². The molecule has 0 atom stereocenters. The van der Waals surface area contributed by atoms with Crippen LogP contribution < -0.4 is 10.6 Å². The number of hydrogen-bond donors (Lipinski definition) is 2. The number of halogens is 2. The number of nitrogens with zero attached hydrogens (tertiary/aromatic N) is 2. The van der Waals surface area contributed by atoms with Crippen LogP contribution in [0.25, 0.3) is 42.9 Å². The lowest BCUT2D eigenvalue weighted by atomic mass is 9.92. The summed E-state index contributed by atoms with van der Waals surface area (Å²) in [6, 6.07) is 26.2. The number of nitrogens with one attached hydrogen (secondary N) is 2. The topological polar surface area (TPSA) is 84.0 Å². The molecule has 10 heteroatoms. The number of carbonyl (C=O) groups is 2. The average molecular weight is 646 g/mol. The maximum atomic E-state index is 13.5. The largest absolute Gasteiger partial charge is 0.351 e. The van der Waals surface area contributed by atoms with Gasteiger partial charge in [0.05, 0.1) is 52.0 Å². The van der Waals surface area contributed by atoms with Gasteiger partial charge >= 0.3 is 0 Å². The molecule has 0 fully saturated rings. The summed E-state index contributed by atoms with van der Waals surface area (Å²) in [6.07, 6.45) is 0. The van der Waals surface area contributed by atoms with E-state index in [0.29, 0.717) is 44.3 Å². The van der Waals surface area contributed by atoms with Gasteiger partial charge in [-0.15, -0.1) is 22.7 Å². The van der Waals surface area contributed by atoms with Crippen LogP contribution >= 0.6 is 45.9 Å². The molecule has 6 aromatic rings. The second-order valence-corrected chi connectivity index (χ2v) is 14.3.